The molecule has 0 saturated heterocycles. The summed E-state index contributed by atoms with van der Waals surface area (Å²) >= 11 is 0. The summed E-state index contributed by atoms with van der Waals surface area (Å²) in [4.78, 5) is 60.0. The molecule has 4 N–H and O–H groups in total. The fourth-order valence-electron chi connectivity index (χ4n) is 1.78. The molecule has 0 spiro atoms. The minimum Gasteiger partial charge on any atom is -0.526 e. The summed E-state index contributed by atoms with van der Waals surface area (Å²) < 4.78 is 9.24. The molecule has 0 aromatic heterocycles. The molecule has 0 rings (SSSR count). The van der Waals surface area contributed by atoms with Crippen molar-refractivity contribution < 1.29 is 98.9 Å². The molecule has 0 aliphatic heterocycles. The fraction of sp³-hybridized carbons (Fsp3) is 0.600. The van der Waals surface area contributed by atoms with Gasteiger partial charge in [0.15, 0.2) is 0 Å². The Labute approximate surface area is 292 Å². The second kappa shape index (κ2) is 46.0. The Morgan fingerprint density at radius 1 is 0.500 bits per heavy atom. The molecule has 0 aliphatic carbocycles. The number of hydrogen-bond donors (Lipinski definition) is 4. The summed E-state index contributed by atoms with van der Waals surface area (Å²) in [5.41, 5.74) is 0. The number of hydrogen-bond acceptors (Lipinski definition) is 12. The zero-order valence-electron chi connectivity index (χ0n) is 27.9. The number of aliphatic hydroxyl groups is 4. The average molecular weight is 991 g/mol. The Morgan fingerprint density at radius 2 is 0.682 bits per heavy atom. The fourth-order valence-corrected chi connectivity index (χ4v) is 1.78. The van der Waals surface area contributed by atoms with Crippen LogP contribution in [0, 0.1) is 38.9 Å². The Morgan fingerprint density at radius 3 is 0.705 bits per heavy atom. The van der Waals surface area contributed by atoms with Crippen molar-refractivity contribution in [2.45, 2.75) is 108 Å². The smallest absolute Gasteiger partial charge is 0.0569 e. The van der Waals surface area contributed by atoms with E-state index in [9.17, 15) is 28.8 Å². The van der Waals surface area contributed by atoms with E-state index in [0.717, 1.165) is 12.8 Å². The molecule has 268 valence electrons. The summed E-state index contributed by atoms with van der Waals surface area (Å²) in [7, 11) is 0. The van der Waals surface area contributed by atoms with Crippen LogP contribution in [0.5, 0.6) is 0 Å². The third-order valence-electron chi connectivity index (χ3n) is 2.76. The van der Waals surface area contributed by atoms with Crippen LogP contribution < -0.4 is 0 Å². The van der Waals surface area contributed by atoms with Gasteiger partial charge in [0, 0.05) is 101 Å². The molecule has 0 fully saturated rings. The first-order valence-electron chi connectivity index (χ1n) is 13.1. The monoisotopic (exact) mass is 992 g/mol. The predicted molar refractivity (Wildman–Crippen MR) is 160 cm³/mol. The molecule has 0 aromatic rings. The summed E-state index contributed by atoms with van der Waals surface area (Å²) in [6.07, 6.45) is 3.00. The molecule has 12 nitrogen and oxygen atoms in total. The number of carbonyl (C=O) groups is 6. The third kappa shape index (κ3) is 125. The van der Waals surface area contributed by atoms with Gasteiger partial charge in [0.1, 0.15) is 0 Å². The van der Waals surface area contributed by atoms with Crippen molar-refractivity contribution in [3.63, 3.8) is 0 Å². The maximum atomic E-state index is 10.0. The number of ketones is 6. The first-order chi connectivity index (χ1) is 19.0. The standard InChI is InChI=1S/2C5H11O2.2C5H7O2.2C5H9O2.2Ir/c4*1-4(6)3-5(2)7;2*1-3-7-4-5(2)6;;/h2*3-7H,1-2H3;2*3H,1-2H3;2*4H,3H2,1-2H3;;/q;;4*-1;;. The van der Waals surface area contributed by atoms with Crippen molar-refractivity contribution in [1.29, 1.82) is 0 Å². The van der Waals surface area contributed by atoms with E-state index >= 15 is 0 Å². The van der Waals surface area contributed by atoms with E-state index in [1.807, 2.05) is 13.8 Å². The maximum absolute atomic E-state index is 10.0. The molecule has 14 heteroatoms. The van der Waals surface area contributed by atoms with Crippen molar-refractivity contribution in [1.82, 2.24) is 0 Å². The van der Waals surface area contributed by atoms with Gasteiger partial charge in [0.2, 0.25) is 0 Å². The number of rotatable bonds is 14. The van der Waals surface area contributed by atoms with Crippen molar-refractivity contribution in [3.8, 4) is 0 Å². The van der Waals surface area contributed by atoms with Crippen LogP contribution in [0.3, 0.4) is 0 Å². The summed E-state index contributed by atoms with van der Waals surface area (Å²) in [6, 6.07) is 0. The van der Waals surface area contributed by atoms with Gasteiger partial charge in [-0.25, -0.2) is 13.2 Å². The minimum absolute atomic E-state index is 0. The molecule has 0 saturated carbocycles. The first kappa shape index (κ1) is 61.5. The van der Waals surface area contributed by atoms with E-state index in [4.69, 9.17) is 20.4 Å². The van der Waals surface area contributed by atoms with Gasteiger partial charge in [-0.1, -0.05) is 0 Å². The zero-order valence-corrected chi connectivity index (χ0v) is 32.7. The molecule has 4 radical (unpaired) electrons. The van der Waals surface area contributed by atoms with Gasteiger partial charge in [-0.05, 0) is 83.1 Å². The van der Waals surface area contributed by atoms with Crippen molar-refractivity contribution in [2.75, 3.05) is 13.2 Å². The van der Waals surface area contributed by atoms with Crippen LogP contribution in [0.2, 0.25) is 0 Å². The topological polar surface area (TPSA) is 202 Å². The van der Waals surface area contributed by atoms with Gasteiger partial charge < -0.3 is 58.7 Å². The number of Topliss-reactive ketones (excluding diaryl/α,β-unsaturated/α-hetero) is 6. The molecule has 4 atom stereocenters. The van der Waals surface area contributed by atoms with Crippen LogP contribution in [-0.2, 0) is 78.5 Å². The van der Waals surface area contributed by atoms with Crippen molar-refractivity contribution in [3.05, 3.63) is 38.9 Å². The molecule has 0 amide bonds. The van der Waals surface area contributed by atoms with Crippen molar-refractivity contribution in [2.24, 2.45) is 0 Å². The first-order valence-corrected chi connectivity index (χ1v) is 13.1. The van der Waals surface area contributed by atoms with Crippen LogP contribution in [0.25, 0.3) is 0 Å². The molecule has 0 aliphatic rings. The Bertz CT molecular complexity index is 602. The van der Waals surface area contributed by atoms with Crippen LogP contribution in [-0.4, -0.2) is 92.8 Å². The van der Waals surface area contributed by atoms with Crippen molar-refractivity contribution >= 4 is 34.7 Å². The second-order valence-corrected chi connectivity index (χ2v) is 8.45. The number of carbonyl (C=O) groups excluding carboxylic acids is 6. The van der Waals surface area contributed by atoms with E-state index < -0.39 is 24.4 Å². The van der Waals surface area contributed by atoms with E-state index in [2.05, 4.69) is 9.47 Å². The molecular formula is C30H54Ir2O12-4. The van der Waals surface area contributed by atoms with E-state index in [-0.39, 0.29) is 74.9 Å². The summed E-state index contributed by atoms with van der Waals surface area (Å²) in [6.45, 7) is 21.9. The maximum Gasteiger partial charge on any atom is 0.0569 e. The zero-order chi connectivity index (χ0) is 34.8. The third-order valence-corrected chi connectivity index (χ3v) is 2.76. The normalized spacial score (nSPS) is 11.1. The van der Waals surface area contributed by atoms with Crippen LogP contribution in [0.4, 0.5) is 0 Å². The van der Waals surface area contributed by atoms with Crippen LogP contribution in [0.1, 0.15) is 83.1 Å². The SMILES string of the molecule is CC(=O)[CH-]C(C)=O.CC(=O)[CH-]C(C)=O.CC(O)[CH]C(C)O.CC(O)[CH]C(C)O.CCO[CH-]C(C)=O.CCO[CH-]C(C)=O.[Ir].[Ir]. The van der Waals surface area contributed by atoms with E-state index in [1.54, 1.807) is 27.7 Å². The molecule has 0 aromatic carbocycles. The minimum atomic E-state index is -0.500. The van der Waals surface area contributed by atoms with Crippen LogP contribution in [0.15, 0.2) is 0 Å². The summed E-state index contributed by atoms with van der Waals surface area (Å²) in [5.74, 6) is -0.830. The summed E-state index contributed by atoms with van der Waals surface area (Å²) in [5, 5.41) is 34.0. The molecule has 0 heterocycles. The van der Waals surface area contributed by atoms with Gasteiger partial charge in [-0.2, -0.15) is 0 Å². The van der Waals surface area contributed by atoms with Gasteiger partial charge in [-0.3, -0.25) is 12.8 Å². The predicted octanol–water partition coefficient (Wildman–Crippen LogP) is 2.18. The van der Waals surface area contributed by atoms with Gasteiger partial charge in [-0.15, -0.1) is 0 Å². The Kier molecular flexibility index (Phi) is 64.3. The second-order valence-electron chi connectivity index (χ2n) is 8.45. The molecule has 44 heavy (non-hydrogen) atoms. The Hall–Kier alpha value is -1.44. The average Bonchev–Trinajstić information content (AvgIpc) is 2.74. The Balaban J connectivity index is -0.0000000584. The largest absolute Gasteiger partial charge is 0.526 e. The van der Waals surface area contributed by atoms with Crippen LogP contribution >= 0.6 is 0 Å². The van der Waals surface area contributed by atoms with E-state index in [1.165, 1.54) is 67.6 Å². The van der Waals surface area contributed by atoms with Gasteiger partial charge >= 0.3 is 0 Å². The molecule has 0 bridgehead atoms. The molecule has 4 unspecified atom stereocenters. The number of aliphatic hydroxyl groups excluding tert-OH is 4. The number of ether oxygens (including phenoxy) is 2. The van der Waals surface area contributed by atoms with Gasteiger partial charge in [0.05, 0.1) is 24.4 Å². The van der Waals surface area contributed by atoms with E-state index in [0.29, 0.717) is 13.2 Å². The molecular weight excluding hydrogens is 937 g/mol. The quantitative estimate of drug-likeness (QED) is 0.146. The van der Waals surface area contributed by atoms with Gasteiger partial charge in [0.25, 0.3) is 0 Å².